The molecule has 0 aromatic heterocycles. The molecule has 0 bridgehead atoms. The van der Waals surface area contributed by atoms with Crippen LogP contribution in [0.25, 0.3) is 0 Å². The Kier molecular flexibility index (Phi) is 3.88. The predicted molar refractivity (Wildman–Crippen MR) is 70.4 cm³/mol. The number of rotatable bonds is 2. The lowest BCUT2D eigenvalue weighted by Crippen LogP contribution is -2.42. The molecule has 1 heterocycles. The lowest BCUT2D eigenvalue weighted by Gasteiger charge is -2.33. The zero-order valence-electron chi connectivity index (χ0n) is 10.3. The van der Waals surface area contributed by atoms with Gasteiger partial charge in [-0.25, -0.2) is 0 Å². The van der Waals surface area contributed by atoms with Gasteiger partial charge in [0.25, 0.3) is 5.69 Å². The van der Waals surface area contributed by atoms with Crippen molar-refractivity contribution in [2.45, 2.75) is 13.0 Å². The normalized spacial score (nSPS) is 19.0. The molecule has 1 unspecified atom stereocenters. The summed E-state index contributed by atoms with van der Waals surface area (Å²) < 4.78 is 5.27. The monoisotopic (exact) mass is 281 g/mol. The molecule has 1 aliphatic rings. The van der Waals surface area contributed by atoms with Crippen LogP contribution in [0.1, 0.15) is 5.56 Å². The van der Waals surface area contributed by atoms with Crippen LogP contribution < -0.4 is 4.90 Å². The summed E-state index contributed by atoms with van der Waals surface area (Å²) in [5, 5.41) is 20.0. The number of nitriles is 1. The fourth-order valence-electron chi connectivity index (χ4n) is 2.15. The zero-order valence-corrected chi connectivity index (χ0v) is 11.1. The molecule has 0 saturated carbocycles. The molecule has 1 atom stereocenters. The van der Waals surface area contributed by atoms with Gasteiger partial charge in [0.05, 0.1) is 34.9 Å². The third-order valence-electron chi connectivity index (χ3n) is 2.98. The molecule has 2 rings (SSSR count). The molecule has 1 saturated heterocycles. The van der Waals surface area contributed by atoms with Crippen LogP contribution in [0.15, 0.2) is 12.1 Å². The average molecular weight is 282 g/mol. The summed E-state index contributed by atoms with van der Waals surface area (Å²) in [5.74, 6) is 0. The molecule has 19 heavy (non-hydrogen) atoms. The molecule has 0 aliphatic carbocycles. The van der Waals surface area contributed by atoms with Gasteiger partial charge in [-0.2, -0.15) is 5.26 Å². The minimum Gasteiger partial charge on any atom is -0.364 e. The Morgan fingerprint density at radius 1 is 1.63 bits per heavy atom. The minimum absolute atomic E-state index is 0.0312. The standard InChI is InChI=1S/C12H12ClN3O3/c1-8-4-9(16(17)18)5-11(13)12(8)15-2-3-19-10(6-14)7-15/h4-5,10H,2-3,7H2,1H3. The van der Waals surface area contributed by atoms with Crippen molar-refractivity contribution in [2.75, 3.05) is 24.6 Å². The van der Waals surface area contributed by atoms with Gasteiger partial charge in [0, 0.05) is 18.7 Å². The summed E-state index contributed by atoms with van der Waals surface area (Å²) >= 11 is 6.13. The van der Waals surface area contributed by atoms with Gasteiger partial charge in [-0.15, -0.1) is 0 Å². The number of morpholine rings is 1. The first-order valence-electron chi connectivity index (χ1n) is 5.73. The summed E-state index contributed by atoms with van der Waals surface area (Å²) in [6.07, 6.45) is -0.501. The van der Waals surface area contributed by atoms with Crippen molar-refractivity contribution in [2.24, 2.45) is 0 Å². The molecule has 0 radical (unpaired) electrons. The Labute approximate surface area is 115 Å². The minimum atomic E-state index is -0.501. The smallest absolute Gasteiger partial charge is 0.271 e. The van der Waals surface area contributed by atoms with Gasteiger partial charge in [-0.1, -0.05) is 11.6 Å². The highest BCUT2D eigenvalue weighted by molar-refractivity contribution is 6.33. The second kappa shape index (κ2) is 5.43. The van der Waals surface area contributed by atoms with E-state index < -0.39 is 11.0 Å². The van der Waals surface area contributed by atoms with Gasteiger partial charge in [0.15, 0.2) is 6.10 Å². The fraction of sp³-hybridized carbons (Fsp3) is 0.417. The quantitative estimate of drug-likeness (QED) is 0.614. The Morgan fingerprint density at radius 3 is 2.95 bits per heavy atom. The number of ether oxygens (including phenoxy) is 1. The molecule has 0 N–H and O–H groups in total. The Bertz CT molecular complexity index is 533. The highest BCUT2D eigenvalue weighted by Crippen LogP contribution is 2.34. The van der Waals surface area contributed by atoms with Gasteiger partial charge >= 0.3 is 0 Å². The largest absolute Gasteiger partial charge is 0.364 e. The number of aryl methyl sites for hydroxylation is 1. The van der Waals surface area contributed by atoms with Gasteiger partial charge in [-0.05, 0) is 12.5 Å². The summed E-state index contributed by atoms with van der Waals surface area (Å²) in [5.41, 5.74) is 1.42. The molecule has 1 aromatic rings. The number of non-ortho nitro benzene ring substituents is 1. The number of nitro benzene ring substituents is 1. The number of halogens is 1. The fourth-order valence-corrected chi connectivity index (χ4v) is 2.54. The second-order valence-electron chi connectivity index (χ2n) is 4.28. The number of nitrogens with zero attached hydrogens (tertiary/aromatic N) is 3. The summed E-state index contributed by atoms with van der Waals surface area (Å²) in [6.45, 7) is 3.22. The van der Waals surface area contributed by atoms with E-state index in [0.717, 1.165) is 11.3 Å². The first kappa shape index (κ1) is 13.6. The van der Waals surface area contributed by atoms with Crippen molar-refractivity contribution < 1.29 is 9.66 Å². The summed E-state index contributed by atoms with van der Waals surface area (Å²) in [4.78, 5) is 12.2. The molecule has 1 aliphatic heterocycles. The van der Waals surface area contributed by atoms with E-state index in [0.29, 0.717) is 24.7 Å². The highest BCUT2D eigenvalue weighted by Gasteiger charge is 2.24. The van der Waals surface area contributed by atoms with Crippen molar-refractivity contribution in [3.05, 3.63) is 32.8 Å². The van der Waals surface area contributed by atoms with Crippen LogP contribution in [0.2, 0.25) is 5.02 Å². The molecular weight excluding hydrogens is 270 g/mol. The lowest BCUT2D eigenvalue weighted by molar-refractivity contribution is -0.384. The Balaban J connectivity index is 2.35. The number of anilines is 1. The van der Waals surface area contributed by atoms with Gasteiger partial charge in [0.1, 0.15) is 0 Å². The van der Waals surface area contributed by atoms with Gasteiger partial charge in [-0.3, -0.25) is 10.1 Å². The van der Waals surface area contributed by atoms with E-state index in [1.165, 1.54) is 12.1 Å². The van der Waals surface area contributed by atoms with Crippen LogP contribution in [-0.4, -0.2) is 30.7 Å². The van der Waals surface area contributed by atoms with Crippen molar-refractivity contribution in [1.82, 2.24) is 0 Å². The summed E-state index contributed by atoms with van der Waals surface area (Å²) in [6, 6.07) is 4.88. The molecule has 1 aromatic carbocycles. The molecule has 100 valence electrons. The van der Waals surface area contributed by atoms with Crippen LogP contribution in [0, 0.1) is 28.4 Å². The van der Waals surface area contributed by atoms with E-state index in [1.807, 2.05) is 4.90 Å². The van der Waals surface area contributed by atoms with Crippen LogP contribution in [-0.2, 0) is 4.74 Å². The highest BCUT2D eigenvalue weighted by atomic mass is 35.5. The topological polar surface area (TPSA) is 79.4 Å². The average Bonchev–Trinajstić information content (AvgIpc) is 2.38. The first-order valence-corrected chi connectivity index (χ1v) is 6.11. The number of benzene rings is 1. The SMILES string of the molecule is Cc1cc([N+](=O)[O-])cc(Cl)c1N1CCOC(C#N)C1. The first-order chi connectivity index (χ1) is 9.02. The predicted octanol–water partition coefficient (Wildman–Crippen LogP) is 2.29. The third kappa shape index (κ3) is 2.78. The lowest BCUT2D eigenvalue weighted by atomic mass is 10.1. The van der Waals surface area contributed by atoms with E-state index in [2.05, 4.69) is 6.07 Å². The van der Waals surface area contributed by atoms with E-state index >= 15 is 0 Å². The molecule has 6 nitrogen and oxygen atoms in total. The second-order valence-corrected chi connectivity index (χ2v) is 4.69. The zero-order chi connectivity index (χ0) is 14.0. The van der Waals surface area contributed by atoms with Crippen molar-refractivity contribution in [3.8, 4) is 6.07 Å². The van der Waals surface area contributed by atoms with Crippen molar-refractivity contribution in [3.63, 3.8) is 0 Å². The van der Waals surface area contributed by atoms with E-state index in [-0.39, 0.29) is 5.69 Å². The molecule has 7 heteroatoms. The number of hydrogen-bond donors (Lipinski definition) is 0. The van der Waals surface area contributed by atoms with Crippen molar-refractivity contribution in [1.29, 1.82) is 5.26 Å². The maximum atomic E-state index is 10.8. The van der Waals surface area contributed by atoms with Crippen molar-refractivity contribution >= 4 is 23.0 Å². The molecule has 0 spiro atoms. The third-order valence-corrected chi connectivity index (χ3v) is 3.26. The molecule has 1 fully saturated rings. The van der Waals surface area contributed by atoms with E-state index in [1.54, 1.807) is 6.92 Å². The Morgan fingerprint density at radius 2 is 2.37 bits per heavy atom. The molecule has 0 amide bonds. The maximum absolute atomic E-state index is 10.8. The Hall–Kier alpha value is -1.84. The van der Waals surface area contributed by atoms with Crippen LogP contribution in [0.3, 0.4) is 0 Å². The van der Waals surface area contributed by atoms with Gasteiger partial charge in [0.2, 0.25) is 0 Å². The molecular formula is C12H12ClN3O3. The maximum Gasteiger partial charge on any atom is 0.271 e. The van der Waals surface area contributed by atoms with Gasteiger partial charge < -0.3 is 9.64 Å². The van der Waals surface area contributed by atoms with Crippen LogP contribution in [0.4, 0.5) is 11.4 Å². The summed E-state index contributed by atoms with van der Waals surface area (Å²) in [7, 11) is 0. The van der Waals surface area contributed by atoms with E-state index in [9.17, 15) is 10.1 Å². The number of nitro groups is 1. The number of hydrogen-bond acceptors (Lipinski definition) is 5. The van der Waals surface area contributed by atoms with Crippen LogP contribution in [0.5, 0.6) is 0 Å². The van der Waals surface area contributed by atoms with E-state index in [4.69, 9.17) is 21.6 Å². The van der Waals surface area contributed by atoms with Crippen LogP contribution >= 0.6 is 11.6 Å².